The molecular formula is C18H24N4O3S. The lowest BCUT2D eigenvalue weighted by molar-refractivity contribution is -0.149. The summed E-state index contributed by atoms with van der Waals surface area (Å²) in [6.45, 7) is 5.78. The zero-order valence-corrected chi connectivity index (χ0v) is 16.0. The highest BCUT2D eigenvalue weighted by molar-refractivity contribution is 7.99. The second-order valence-electron chi connectivity index (χ2n) is 6.18. The summed E-state index contributed by atoms with van der Waals surface area (Å²) < 4.78 is 1.82. The maximum atomic E-state index is 12.1. The van der Waals surface area contributed by atoms with Crippen molar-refractivity contribution in [3.8, 4) is 5.69 Å². The predicted octanol–water partition coefficient (Wildman–Crippen LogP) is 2.68. The van der Waals surface area contributed by atoms with E-state index in [0.29, 0.717) is 18.0 Å². The lowest BCUT2D eigenvalue weighted by atomic mass is 9.82. The first kappa shape index (κ1) is 20.0. The average Bonchev–Trinajstić information content (AvgIpc) is 3.10. The Bertz CT molecular complexity index is 754. The number of aromatic nitrogens is 3. The van der Waals surface area contributed by atoms with E-state index >= 15 is 0 Å². The van der Waals surface area contributed by atoms with Gasteiger partial charge in [-0.15, -0.1) is 10.2 Å². The molecule has 0 aliphatic heterocycles. The lowest BCUT2D eigenvalue weighted by Crippen LogP contribution is -2.42. The van der Waals surface area contributed by atoms with Crippen molar-refractivity contribution in [1.29, 1.82) is 0 Å². The van der Waals surface area contributed by atoms with Crippen LogP contribution in [0.2, 0.25) is 0 Å². The van der Waals surface area contributed by atoms with E-state index in [0.717, 1.165) is 11.3 Å². The van der Waals surface area contributed by atoms with Crippen LogP contribution in [-0.2, 0) is 9.59 Å². The number of hydrogen-bond acceptors (Lipinski definition) is 5. The van der Waals surface area contributed by atoms with Gasteiger partial charge in [0.2, 0.25) is 5.91 Å². The molecule has 2 rings (SSSR count). The largest absolute Gasteiger partial charge is 0.481 e. The highest BCUT2D eigenvalue weighted by atomic mass is 32.2. The minimum Gasteiger partial charge on any atom is -0.481 e. The van der Waals surface area contributed by atoms with Gasteiger partial charge in [-0.05, 0) is 31.9 Å². The molecule has 0 aliphatic carbocycles. The number of aryl methyl sites for hydroxylation is 1. The topological polar surface area (TPSA) is 97.1 Å². The molecule has 140 valence electrons. The van der Waals surface area contributed by atoms with Gasteiger partial charge in [0.25, 0.3) is 0 Å². The molecule has 8 heteroatoms. The van der Waals surface area contributed by atoms with Crippen molar-refractivity contribution >= 4 is 23.6 Å². The molecule has 0 saturated carbocycles. The van der Waals surface area contributed by atoms with Crippen LogP contribution in [0.1, 0.15) is 32.3 Å². The van der Waals surface area contributed by atoms with Gasteiger partial charge >= 0.3 is 5.97 Å². The van der Waals surface area contributed by atoms with Crippen molar-refractivity contribution in [2.24, 2.45) is 5.41 Å². The molecule has 1 aromatic heterocycles. The SMILES string of the molecule is CCC(CC)(CNC(=O)CSc1nncn1-c1ccc(C)cc1)C(=O)O. The highest BCUT2D eigenvalue weighted by Gasteiger charge is 2.35. The maximum absolute atomic E-state index is 12.1. The number of thioether (sulfide) groups is 1. The molecule has 0 bridgehead atoms. The summed E-state index contributed by atoms with van der Waals surface area (Å²) in [6, 6.07) is 7.92. The second-order valence-corrected chi connectivity index (χ2v) is 7.12. The van der Waals surface area contributed by atoms with Gasteiger partial charge in [0, 0.05) is 12.2 Å². The van der Waals surface area contributed by atoms with Gasteiger partial charge in [-0.1, -0.05) is 43.3 Å². The number of nitrogens with one attached hydrogen (secondary N) is 1. The van der Waals surface area contributed by atoms with Gasteiger partial charge < -0.3 is 10.4 Å². The van der Waals surface area contributed by atoms with E-state index in [1.807, 2.05) is 49.6 Å². The number of carboxylic acids is 1. The van der Waals surface area contributed by atoms with E-state index in [9.17, 15) is 14.7 Å². The molecule has 1 aromatic carbocycles. The van der Waals surface area contributed by atoms with E-state index in [1.165, 1.54) is 11.8 Å². The first-order valence-electron chi connectivity index (χ1n) is 8.52. The van der Waals surface area contributed by atoms with Crippen LogP contribution in [0.25, 0.3) is 5.69 Å². The molecule has 2 N–H and O–H groups in total. The smallest absolute Gasteiger partial charge is 0.311 e. The molecule has 0 saturated heterocycles. The van der Waals surface area contributed by atoms with Crippen molar-refractivity contribution in [1.82, 2.24) is 20.1 Å². The zero-order chi connectivity index (χ0) is 19.2. The summed E-state index contributed by atoms with van der Waals surface area (Å²) in [6.07, 6.45) is 2.54. The minimum absolute atomic E-state index is 0.124. The molecular weight excluding hydrogens is 352 g/mol. The molecule has 1 amide bonds. The van der Waals surface area contributed by atoms with Crippen LogP contribution < -0.4 is 5.32 Å². The molecule has 2 aromatic rings. The summed E-state index contributed by atoms with van der Waals surface area (Å²) in [5, 5.41) is 20.7. The fourth-order valence-corrected chi connectivity index (χ4v) is 3.29. The van der Waals surface area contributed by atoms with E-state index < -0.39 is 11.4 Å². The second kappa shape index (κ2) is 8.84. The van der Waals surface area contributed by atoms with Crippen molar-refractivity contribution in [2.75, 3.05) is 12.3 Å². The number of aliphatic carboxylic acids is 1. The summed E-state index contributed by atoms with van der Waals surface area (Å²) in [4.78, 5) is 23.6. The fraction of sp³-hybridized carbons (Fsp3) is 0.444. The number of carbonyl (C=O) groups excluding carboxylic acids is 1. The quantitative estimate of drug-likeness (QED) is 0.653. The van der Waals surface area contributed by atoms with E-state index in [2.05, 4.69) is 15.5 Å². The number of benzene rings is 1. The van der Waals surface area contributed by atoms with Crippen molar-refractivity contribution in [2.45, 2.75) is 38.8 Å². The number of nitrogens with zero attached hydrogens (tertiary/aromatic N) is 3. The van der Waals surface area contributed by atoms with Crippen LogP contribution in [-0.4, -0.2) is 44.0 Å². The number of carbonyl (C=O) groups is 2. The average molecular weight is 376 g/mol. The van der Waals surface area contributed by atoms with Gasteiger partial charge in [-0.2, -0.15) is 0 Å². The molecule has 0 fully saturated rings. The summed E-state index contributed by atoms with van der Waals surface area (Å²) in [5.41, 5.74) is 1.16. The first-order chi connectivity index (χ1) is 12.4. The molecule has 0 spiro atoms. The maximum Gasteiger partial charge on any atom is 0.311 e. The summed E-state index contributed by atoms with van der Waals surface area (Å²) >= 11 is 1.26. The third-order valence-electron chi connectivity index (χ3n) is 4.59. The van der Waals surface area contributed by atoms with Crippen LogP contribution in [0.5, 0.6) is 0 Å². The van der Waals surface area contributed by atoms with Crippen LogP contribution in [0, 0.1) is 12.3 Å². The molecule has 0 aliphatic rings. The van der Waals surface area contributed by atoms with Gasteiger partial charge in [0.1, 0.15) is 6.33 Å². The fourth-order valence-electron chi connectivity index (χ4n) is 2.53. The molecule has 7 nitrogen and oxygen atoms in total. The zero-order valence-electron chi connectivity index (χ0n) is 15.2. The Hall–Kier alpha value is -2.35. The van der Waals surface area contributed by atoms with Crippen LogP contribution in [0.3, 0.4) is 0 Å². The molecule has 1 heterocycles. The Morgan fingerprint density at radius 2 is 1.88 bits per heavy atom. The number of rotatable bonds is 9. The van der Waals surface area contributed by atoms with Crippen molar-refractivity contribution in [3.05, 3.63) is 36.2 Å². The van der Waals surface area contributed by atoms with Gasteiger partial charge in [-0.3, -0.25) is 14.2 Å². The predicted molar refractivity (Wildman–Crippen MR) is 100 cm³/mol. The Morgan fingerprint density at radius 1 is 1.23 bits per heavy atom. The normalized spacial score (nSPS) is 11.3. The first-order valence-corrected chi connectivity index (χ1v) is 9.50. The Kier molecular flexibility index (Phi) is 6.79. The van der Waals surface area contributed by atoms with Crippen molar-refractivity contribution in [3.63, 3.8) is 0 Å². The van der Waals surface area contributed by atoms with E-state index in [4.69, 9.17) is 0 Å². The minimum atomic E-state index is -0.914. The standard InChI is InChI=1S/C18H24N4O3S/c1-4-18(5-2,16(24)25)11-19-15(23)10-26-17-21-20-12-22(17)14-8-6-13(3)7-9-14/h6-9,12H,4-5,10-11H2,1-3H3,(H,19,23)(H,24,25). The molecule has 0 atom stereocenters. The molecule has 26 heavy (non-hydrogen) atoms. The van der Waals surface area contributed by atoms with Crippen LogP contribution in [0.15, 0.2) is 35.7 Å². The Balaban J connectivity index is 1.95. The third kappa shape index (κ3) is 4.63. The van der Waals surface area contributed by atoms with E-state index in [1.54, 1.807) is 6.33 Å². The van der Waals surface area contributed by atoms with Gasteiger partial charge in [0.15, 0.2) is 5.16 Å². The highest BCUT2D eigenvalue weighted by Crippen LogP contribution is 2.26. The Labute approximate surface area is 157 Å². The monoisotopic (exact) mass is 376 g/mol. The third-order valence-corrected chi connectivity index (χ3v) is 5.54. The van der Waals surface area contributed by atoms with Crippen molar-refractivity contribution < 1.29 is 14.7 Å². The number of hydrogen-bond donors (Lipinski definition) is 2. The number of carboxylic acid groups (broad SMARTS) is 1. The van der Waals surface area contributed by atoms with Crippen LogP contribution >= 0.6 is 11.8 Å². The lowest BCUT2D eigenvalue weighted by Gasteiger charge is -2.26. The van der Waals surface area contributed by atoms with E-state index in [-0.39, 0.29) is 18.2 Å². The molecule has 0 unspecified atom stereocenters. The summed E-state index contributed by atoms with van der Waals surface area (Å²) in [7, 11) is 0. The van der Waals surface area contributed by atoms with Crippen LogP contribution in [0.4, 0.5) is 0 Å². The van der Waals surface area contributed by atoms with Gasteiger partial charge in [0.05, 0.1) is 11.2 Å². The number of amides is 1. The van der Waals surface area contributed by atoms with Gasteiger partial charge in [-0.25, -0.2) is 0 Å². The Morgan fingerprint density at radius 3 is 2.46 bits per heavy atom. The summed E-state index contributed by atoms with van der Waals surface area (Å²) in [5.74, 6) is -0.955. The molecule has 0 radical (unpaired) electrons.